The first-order chi connectivity index (χ1) is 18.4. The lowest BCUT2D eigenvalue weighted by Crippen LogP contribution is -2.45. The van der Waals surface area contributed by atoms with Crippen LogP contribution < -0.4 is 20.5 Å². The van der Waals surface area contributed by atoms with E-state index in [2.05, 4.69) is 30.6 Å². The Morgan fingerprint density at radius 2 is 2.00 bits per heavy atom. The highest BCUT2D eigenvalue weighted by molar-refractivity contribution is 6.30. The Morgan fingerprint density at radius 3 is 2.76 bits per heavy atom. The smallest absolute Gasteiger partial charge is 0.262 e. The van der Waals surface area contributed by atoms with Crippen LogP contribution in [0.25, 0.3) is 22.3 Å². The Kier molecular flexibility index (Phi) is 6.24. The monoisotopic (exact) mass is 536 g/mol. The van der Waals surface area contributed by atoms with E-state index in [9.17, 15) is 4.79 Å². The molecule has 2 aliphatic rings. The van der Waals surface area contributed by atoms with Gasteiger partial charge in [-0.1, -0.05) is 23.7 Å². The molecule has 6 rings (SSSR count). The number of anilines is 2. The van der Waals surface area contributed by atoms with Crippen LogP contribution in [-0.4, -0.2) is 70.7 Å². The minimum atomic E-state index is -0.469. The van der Waals surface area contributed by atoms with Crippen LogP contribution in [0.2, 0.25) is 5.02 Å². The van der Waals surface area contributed by atoms with Crippen molar-refractivity contribution in [2.24, 2.45) is 5.10 Å². The largest absolute Gasteiger partial charge is 0.487 e. The number of halogens is 2. The lowest BCUT2D eigenvalue weighted by molar-refractivity contribution is 0.245. The summed E-state index contributed by atoms with van der Waals surface area (Å²) in [5.74, 6) is 0.400. The number of hydrazone groups is 1. The predicted molar refractivity (Wildman–Crippen MR) is 146 cm³/mol. The fourth-order valence-electron chi connectivity index (χ4n) is 4.85. The fourth-order valence-corrected chi connectivity index (χ4v) is 4.98. The molecule has 0 spiro atoms. The van der Waals surface area contributed by atoms with Gasteiger partial charge in [0.25, 0.3) is 5.95 Å². The van der Waals surface area contributed by atoms with E-state index in [4.69, 9.17) is 16.3 Å². The van der Waals surface area contributed by atoms with Gasteiger partial charge in [-0.3, -0.25) is 9.89 Å². The molecule has 1 saturated heterocycles. The molecule has 38 heavy (non-hydrogen) atoms. The van der Waals surface area contributed by atoms with E-state index in [-0.39, 0.29) is 34.2 Å². The van der Waals surface area contributed by atoms with Gasteiger partial charge in [-0.25, -0.2) is 9.82 Å². The third kappa shape index (κ3) is 4.37. The standard InChI is InChI=1S/C26H26ClFN8O2/c1-15-14-38-24-21-18(11-20(28)22(24)35-9-7-34(2)8-10-35)23(37)19(13-36(15)21)25-30-26(33-31-25)32-29-12-16-3-5-17(27)6-4-16/h3-6,11-13,15H,7-10,14H2,1-2H3,(H2,30,31,32,33)/b29-12+. The number of nitrogens with zero attached hydrogens (tertiary/aromatic N) is 6. The maximum absolute atomic E-state index is 15.6. The molecule has 196 valence electrons. The minimum Gasteiger partial charge on any atom is -0.487 e. The number of piperazine rings is 1. The van der Waals surface area contributed by atoms with Gasteiger partial charge in [0.05, 0.1) is 28.7 Å². The molecular formula is C26H26ClFN8O2. The van der Waals surface area contributed by atoms with Gasteiger partial charge in [0, 0.05) is 37.4 Å². The summed E-state index contributed by atoms with van der Waals surface area (Å²) in [5.41, 5.74) is 4.54. The van der Waals surface area contributed by atoms with Gasteiger partial charge in [-0.2, -0.15) is 10.1 Å². The summed E-state index contributed by atoms with van der Waals surface area (Å²) >= 11 is 5.91. The first kappa shape index (κ1) is 24.4. The van der Waals surface area contributed by atoms with Crippen molar-refractivity contribution in [2.45, 2.75) is 13.0 Å². The third-order valence-electron chi connectivity index (χ3n) is 6.95. The van der Waals surface area contributed by atoms with E-state index in [1.54, 1.807) is 24.5 Å². The summed E-state index contributed by atoms with van der Waals surface area (Å²) in [5, 5.41) is 11.9. The van der Waals surface area contributed by atoms with Crippen LogP contribution in [0.15, 0.2) is 46.4 Å². The van der Waals surface area contributed by atoms with Crippen LogP contribution in [0.1, 0.15) is 18.5 Å². The van der Waals surface area contributed by atoms with E-state index >= 15 is 4.39 Å². The molecule has 2 aromatic carbocycles. The number of hydrogen-bond acceptors (Lipinski definition) is 8. The molecule has 12 heteroatoms. The lowest BCUT2D eigenvalue weighted by atomic mass is 10.0. The van der Waals surface area contributed by atoms with Crippen molar-refractivity contribution >= 4 is 40.4 Å². The molecule has 1 fully saturated rings. The molecule has 0 saturated carbocycles. The zero-order valence-corrected chi connectivity index (χ0v) is 21.7. The molecule has 0 aliphatic carbocycles. The summed E-state index contributed by atoms with van der Waals surface area (Å²) in [6.45, 7) is 5.37. The second kappa shape index (κ2) is 9.73. The second-order valence-electron chi connectivity index (χ2n) is 9.59. The zero-order valence-electron chi connectivity index (χ0n) is 20.9. The van der Waals surface area contributed by atoms with Crippen LogP contribution in [-0.2, 0) is 0 Å². The molecule has 10 nitrogen and oxygen atoms in total. The predicted octanol–water partition coefficient (Wildman–Crippen LogP) is 3.73. The number of aromatic amines is 1. The zero-order chi connectivity index (χ0) is 26.4. The Morgan fingerprint density at radius 1 is 1.24 bits per heavy atom. The van der Waals surface area contributed by atoms with Gasteiger partial charge in [0.15, 0.2) is 17.4 Å². The Bertz CT molecular complexity index is 1590. The number of rotatable bonds is 5. The van der Waals surface area contributed by atoms with Crippen molar-refractivity contribution < 1.29 is 9.13 Å². The number of pyridine rings is 1. The number of likely N-dealkylation sites (N-methyl/N-ethyl adjacent to an activating group) is 1. The van der Waals surface area contributed by atoms with Crippen LogP contribution in [0.3, 0.4) is 0 Å². The topological polar surface area (TPSA) is 104 Å². The van der Waals surface area contributed by atoms with Crippen molar-refractivity contribution in [3.05, 3.63) is 63.2 Å². The van der Waals surface area contributed by atoms with Gasteiger partial charge in [0.2, 0.25) is 5.43 Å². The normalized spacial score (nSPS) is 17.8. The van der Waals surface area contributed by atoms with Crippen molar-refractivity contribution in [1.29, 1.82) is 0 Å². The Hall–Kier alpha value is -3.96. The highest BCUT2D eigenvalue weighted by atomic mass is 35.5. The van der Waals surface area contributed by atoms with Crippen molar-refractivity contribution in [1.82, 2.24) is 24.6 Å². The Labute approximate surface area is 222 Å². The van der Waals surface area contributed by atoms with Crippen molar-refractivity contribution in [3.63, 3.8) is 0 Å². The van der Waals surface area contributed by atoms with Crippen molar-refractivity contribution in [3.8, 4) is 17.1 Å². The molecule has 1 unspecified atom stereocenters. The maximum Gasteiger partial charge on any atom is 0.262 e. The molecule has 0 amide bonds. The Balaban J connectivity index is 1.36. The summed E-state index contributed by atoms with van der Waals surface area (Å²) in [6.07, 6.45) is 3.35. The van der Waals surface area contributed by atoms with E-state index in [1.165, 1.54) is 6.07 Å². The van der Waals surface area contributed by atoms with E-state index in [1.807, 2.05) is 35.6 Å². The van der Waals surface area contributed by atoms with Gasteiger partial charge < -0.3 is 19.1 Å². The lowest BCUT2D eigenvalue weighted by Gasteiger charge is -2.37. The average Bonchev–Trinajstić information content (AvgIpc) is 3.38. The summed E-state index contributed by atoms with van der Waals surface area (Å²) < 4.78 is 23.6. The summed E-state index contributed by atoms with van der Waals surface area (Å²) in [4.78, 5) is 22.2. The highest BCUT2D eigenvalue weighted by Crippen LogP contribution is 2.42. The third-order valence-corrected chi connectivity index (χ3v) is 7.20. The molecule has 2 N–H and O–H groups in total. The molecule has 1 atom stereocenters. The van der Waals surface area contributed by atoms with E-state index in [0.29, 0.717) is 41.7 Å². The fraction of sp³-hybridized carbons (Fsp3) is 0.308. The van der Waals surface area contributed by atoms with Gasteiger partial charge in [-0.05, 0) is 37.7 Å². The molecule has 0 bridgehead atoms. The highest BCUT2D eigenvalue weighted by Gasteiger charge is 2.30. The number of ether oxygens (including phenoxy) is 1. The number of aromatic nitrogens is 4. The number of nitrogens with one attached hydrogen (secondary N) is 2. The van der Waals surface area contributed by atoms with Crippen molar-refractivity contribution in [2.75, 3.05) is 50.2 Å². The molecule has 2 aromatic heterocycles. The molecule has 2 aliphatic heterocycles. The van der Waals surface area contributed by atoms with Crippen LogP contribution in [0.5, 0.6) is 5.75 Å². The van der Waals surface area contributed by atoms with E-state index in [0.717, 1.165) is 18.7 Å². The SMILES string of the molecule is CC1COc2c(N3CCN(C)CC3)c(F)cc3c(=O)c(-c4nc(N/N=C/c5ccc(Cl)cc5)n[nH]4)cn1c23. The quantitative estimate of drug-likeness (QED) is 0.296. The van der Waals surface area contributed by atoms with E-state index < -0.39 is 5.82 Å². The minimum absolute atomic E-state index is 0.0698. The van der Waals surface area contributed by atoms with Crippen LogP contribution in [0, 0.1) is 5.82 Å². The summed E-state index contributed by atoms with van der Waals surface area (Å²) in [6, 6.07) is 8.43. The van der Waals surface area contributed by atoms with Gasteiger partial charge in [0.1, 0.15) is 12.3 Å². The van der Waals surface area contributed by atoms with Gasteiger partial charge in [-0.15, -0.1) is 5.10 Å². The molecule has 4 aromatic rings. The average molecular weight is 537 g/mol. The first-order valence-corrected chi connectivity index (χ1v) is 12.7. The van der Waals surface area contributed by atoms with Crippen LogP contribution in [0.4, 0.5) is 16.0 Å². The van der Waals surface area contributed by atoms with Gasteiger partial charge >= 0.3 is 0 Å². The summed E-state index contributed by atoms with van der Waals surface area (Å²) in [7, 11) is 2.05. The number of hydrogen-bond donors (Lipinski definition) is 2. The number of H-pyrrole nitrogens is 1. The van der Waals surface area contributed by atoms with Crippen LogP contribution >= 0.6 is 11.6 Å². The number of benzene rings is 2. The second-order valence-corrected chi connectivity index (χ2v) is 10.0. The maximum atomic E-state index is 15.6. The molecule has 0 radical (unpaired) electrons. The first-order valence-electron chi connectivity index (χ1n) is 12.3. The molecule has 4 heterocycles. The molecular weight excluding hydrogens is 511 g/mol.